The molecule has 0 aromatic rings. The minimum Gasteiger partial charge on any atom is -0.480 e. The molecule has 0 aromatic carbocycles. The van der Waals surface area contributed by atoms with Crippen LogP contribution in [0, 0.1) is 0 Å². The predicted molar refractivity (Wildman–Crippen MR) is 66.8 cm³/mol. The number of hydrogen-bond acceptors (Lipinski definition) is 5. The van der Waals surface area contributed by atoms with Crippen LogP contribution in [0.4, 0.5) is 0 Å². The molecule has 7 nitrogen and oxygen atoms in total. The largest absolute Gasteiger partial charge is 0.480 e. The van der Waals surface area contributed by atoms with E-state index in [0.29, 0.717) is 6.42 Å². The molecule has 1 atom stereocenters. The van der Waals surface area contributed by atoms with E-state index in [2.05, 4.69) is 0 Å². The summed E-state index contributed by atoms with van der Waals surface area (Å²) in [6.45, 7) is 1.84. The second-order valence-corrected chi connectivity index (χ2v) is 6.41. The predicted octanol–water partition coefficient (Wildman–Crippen LogP) is -0.928. The van der Waals surface area contributed by atoms with E-state index in [9.17, 15) is 18.0 Å². The van der Waals surface area contributed by atoms with Gasteiger partial charge in [0.2, 0.25) is 5.91 Å². The molecule has 0 heterocycles. The summed E-state index contributed by atoms with van der Waals surface area (Å²) in [7, 11) is -1.81. The Bertz CT molecular complexity index is 393. The zero-order valence-corrected chi connectivity index (χ0v) is 11.4. The van der Waals surface area contributed by atoms with E-state index in [-0.39, 0.29) is 24.5 Å². The van der Waals surface area contributed by atoms with Gasteiger partial charge in [0.25, 0.3) is 0 Å². The maximum absolute atomic E-state index is 11.5. The monoisotopic (exact) mass is 280 g/mol. The van der Waals surface area contributed by atoms with Crippen molar-refractivity contribution in [2.75, 3.05) is 25.1 Å². The number of likely N-dealkylation sites (N-methyl/N-ethyl adjacent to an activating group) is 1. The number of carbonyl (C=O) groups excluding carboxylic acids is 1. The molecule has 18 heavy (non-hydrogen) atoms. The lowest BCUT2D eigenvalue weighted by Gasteiger charge is -2.23. The molecule has 106 valence electrons. The SMILES string of the molecule is CCC(C(=O)O)N(C)CCS(=O)(=O)CCC(N)=O. The highest BCUT2D eigenvalue weighted by Crippen LogP contribution is 2.03. The van der Waals surface area contributed by atoms with Gasteiger partial charge in [-0.05, 0) is 13.5 Å². The van der Waals surface area contributed by atoms with Crippen molar-refractivity contribution in [3.05, 3.63) is 0 Å². The molecule has 0 aliphatic rings. The Balaban J connectivity index is 4.30. The molecule has 0 saturated carbocycles. The van der Waals surface area contributed by atoms with Gasteiger partial charge in [-0.3, -0.25) is 14.5 Å². The van der Waals surface area contributed by atoms with Gasteiger partial charge in [0.1, 0.15) is 6.04 Å². The first kappa shape index (κ1) is 16.9. The lowest BCUT2D eigenvalue weighted by Crippen LogP contribution is -2.40. The number of carboxylic acid groups (broad SMARTS) is 1. The minimum absolute atomic E-state index is 0.117. The molecule has 0 spiro atoms. The van der Waals surface area contributed by atoms with Gasteiger partial charge in [-0.25, -0.2) is 8.42 Å². The van der Waals surface area contributed by atoms with Crippen molar-refractivity contribution in [3.63, 3.8) is 0 Å². The fourth-order valence-corrected chi connectivity index (χ4v) is 2.75. The van der Waals surface area contributed by atoms with E-state index < -0.39 is 27.8 Å². The molecule has 0 aliphatic carbocycles. The summed E-state index contributed by atoms with van der Waals surface area (Å²) >= 11 is 0. The number of carboxylic acids is 1. The van der Waals surface area contributed by atoms with Crippen LogP contribution in [0.1, 0.15) is 19.8 Å². The smallest absolute Gasteiger partial charge is 0.320 e. The van der Waals surface area contributed by atoms with E-state index in [1.54, 1.807) is 14.0 Å². The zero-order chi connectivity index (χ0) is 14.3. The number of primary amides is 1. The van der Waals surface area contributed by atoms with E-state index in [4.69, 9.17) is 10.8 Å². The van der Waals surface area contributed by atoms with Crippen LogP contribution in [0.25, 0.3) is 0 Å². The lowest BCUT2D eigenvalue weighted by molar-refractivity contribution is -0.142. The number of nitrogens with two attached hydrogens (primary N) is 1. The molecule has 3 N–H and O–H groups in total. The fraction of sp³-hybridized carbons (Fsp3) is 0.800. The Morgan fingerprint density at radius 2 is 1.89 bits per heavy atom. The maximum atomic E-state index is 11.5. The Morgan fingerprint density at radius 1 is 1.33 bits per heavy atom. The van der Waals surface area contributed by atoms with E-state index in [1.165, 1.54) is 4.90 Å². The van der Waals surface area contributed by atoms with Crippen molar-refractivity contribution in [3.8, 4) is 0 Å². The van der Waals surface area contributed by atoms with Gasteiger partial charge in [-0.1, -0.05) is 6.92 Å². The quantitative estimate of drug-likeness (QED) is 0.563. The van der Waals surface area contributed by atoms with E-state index in [1.807, 2.05) is 0 Å². The first-order valence-electron chi connectivity index (χ1n) is 5.61. The van der Waals surface area contributed by atoms with Crippen molar-refractivity contribution >= 4 is 21.7 Å². The second-order valence-electron chi connectivity index (χ2n) is 4.11. The van der Waals surface area contributed by atoms with Gasteiger partial charge >= 0.3 is 5.97 Å². The molecule has 0 aromatic heterocycles. The van der Waals surface area contributed by atoms with Crippen LogP contribution in [0.2, 0.25) is 0 Å². The molecule has 8 heteroatoms. The molecule has 1 unspecified atom stereocenters. The van der Waals surface area contributed by atoms with Crippen molar-refractivity contribution in [2.24, 2.45) is 5.73 Å². The normalized spacial score (nSPS) is 13.5. The van der Waals surface area contributed by atoms with Crippen molar-refractivity contribution < 1.29 is 23.1 Å². The summed E-state index contributed by atoms with van der Waals surface area (Å²) in [5.74, 6) is -2.11. The number of nitrogens with zero attached hydrogens (tertiary/aromatic N) is 1. The molecule has 0 bridgehead atoms. The molecular formula is C10H20N2O5S. The highest BCUT2D eigenvalue weighted by atomic mass is 32.2. The average Bonchev–Trinajstić information content (AvgIpc) is 2.24. The van der Waals surface area contributed by atoms with Crippen LogP contribution >= 0.6 is 0 Å². The average molecular weight is 280 g/mol. The van der Waals surface area contributed by atoms with Gasteiger partial charge in [0.05, 0.1) is 11.5 Å². The molecular weight excluding hydrogens is 260 g/mol. The second kappa shape index (κ2) is 7.32. The number of rotatable bonds is 9. The van der Waals surface area contributed by atoms with Crippen molar-refractivity contribution in [2.45, 2.75) is 25.8 Å². The number of sulfone groups is 1. The maximum Gasteiger partial charge on any atom is 0.320 e. The third kappa shape index (κ3) is 6.55. The summed E-state index contributed by atoms with van der Waals surface area (Å²) in [4.78, 5) is 22.8. The minimum atomic E-state index is -3.37. The fourth-order valence-electron chi connectivity index (χ4n) is 1.47. The number of aliphatic carboxylic acids is 1. The lowest BCUT2D eigenvalue weighted by atomic mass is 10.2. The first-order chi connectivity index (χ1) is 8.19. The van der Waals surface area contributed by atoms with Crippen LogP contribution in [-0.4, -0.2) is 61.4 Å². The van der Waals surface area contributed by atoms with Crippen LogP contribution < -0.4 is 5.73 Å². The van der Waals surface area contributed by atoms with Crippen LogP contribution in [0.15, 0.2) is 0 Å². The van der Waals surface area contributed by atoms with Crippen molar-refractivity contribution in [1.29, 1.82) is 0 Å². The zero-order valence-electron chi connectivity index (χ0n) is 10.6. The molecule has 0 radical (unpaired) electrons. The van der Waals surface area contributed by atoms with Crippen molar-refractivity contribution in [1.82, 2.24) is 4.90 Å². The summed E-state index contributed by atoms with van der Waals surface area (Å²) in [5, 5.41) is 8.90. The van der Waals surface area contributed by atoms with Gasteiger partial charge in [0.15, 0.2) is 9.84 Å². The Morgan fingerprint density at radius 3 is 2.28 bits per heavy atom. The standard InChI is InChI=1S/C10H20N2O5S/c1-3-8(10(14)15)12(2)5-7-18(16,17)6-4-9(11)13/h8H,3-7H2,1-2H3,(H2,11,13)(H,14,15). The highest BCUT2D eigenvalue weighted by Gasteiger charge is 2.22. The molecule has 0 fully saturated rings. The first-order valence-corrected chi connectivity index (χ1v) is 7.43. The van der Waals surface area contributed by atoms with Gasteiger partial charge in [-0.15, -0.1) is 0 Å². The summed E-state index contributed by atoms with van der Waals surface area (Å²) in [6.07, 6.45) is 0.190. The topological polar surface area (TPSA) is 118 Å². The van der Waals surface area contributed by atoms with Crippen LogP contribution in [0.5, 0.6) is 0 Å². The van der Waals surface area contributed by atoms with Crippen LogP contribution in [0.3, 0.4) is 0 Å². The third-order valence-electron chi connectivity index (χ3n) is 2.62. The molecule has 0 aliphatic heterocycles. The van der Waals surface area contributed by atoms with Crippen LogP contribution in [-0.2, 0) is 19.4 Å². The summed E-state index contributed by atoms with van der Waals surface area (Å²) < 4.78 is 23.1. The molecule has 0 rings (SSSR count). The summed E-state index contributed by atoms with van der Waals surface area (Å²) in [5.41, 5.74) is 4.87. The molecule has 0 saturated heterocycles. The van der Waals surface area contributed by atoms with Gasteiger partial charge in [0, 0.05) is 13.0 Å². The Hall–Kier alpha value is -1.15. The number of amides is 1. The van der Waals surface area contributed by atoms with Gasteiger partial charge < -0.3 is 10.8 Å². The summed E-state index contributed by atoms with van der Waals surface area (Å²) in [6, 6.07) is -0.698. The van der Waals surface area contributed by atoms with E-state index in [0.717, 1.165) is 0 Å². The number of carbonyl (C=O) groups is 2. The Kier molecular flexibility index (Phi) is 6.85. The molecule has 1 amide bonds. The third-order valence-corrected chi connectivity index (χ3v) is 4.25. The van der Waals surface area contributed by atoms with Gasteiger partial charge in [-0.2, -0.15) is 0 Å². The Labute approximate surface area is 107 Å². The van der Waals surface area contributed by atoms with E-state index >= 15 is 0 Å². The highest BCUT2D eigenvalue weighted by molar-refractivity contribution is 7.91. The number of hydrogen-bond donors (Lipinski definition) is 2.